The lowest BCUT2D eigenvalue weighted by molar-refractivity contribution is -0.674. The lowest BCUT2D eigenvalue weighted by Gasteiger charge is -2.13. The van der Waals surface area contributed by atoms with Gasteiger partial charge in [0.05, 0.1) is 4.92 Å². The number of halogens is 4. The van der Waals surface area contributed by atoms with Gasteiger partial charge in [0.25, 0.3) is 5.69 Å². The van der Waals surface area contributed by atoms with Crippen LogP contribution in [0.5, 0.6) is 0 Å². The van der Waals surface area contributed by atoms with E-state index >= 15 is 0 Å². The van der Waals surface area contributed by atoms with Crippen molar-refractivity contribution < 1.29 is 26.8 Å². The van der Waals surface area contributed by atoms with Crippen LogP contribution < -0.4 is 4.57 Å². The van der Waals surface area contributed by atoms with Gasteiger partial charge >= 0.3 is 7.25 Å². The molecule has 1 N–H and O–H groups in total. The Morgan fingerprint density at radius 1 is 0.674 bits per heavy atom. The first-order chi connectivity index (χ1) is 20.7. The summed E-state index contributed by atoms with van der Waals surface area (Å²) in [6, 6.07) is 40.9. The largest absolute Gasteiger partial charge is 0.673 e. The number of rotatable bonds is 7. The SMILES string of the molecule is F[B-](F)(F)F.O=[N+]([O-])c1ccc2[nH]cc(CC[n+]3c(-c4ccccc4)cc(-c4ccccc4)cc3-c3ccccc3)c2c1. The first-order valence-electron chi connectivity index (χ1n) is 13.5. The molecule has 0 unspecified atom stereocenters. The van der Waals surface area contributed by atoms with Crippen molar-refractivity contribution in [3.8, 4) is 33.6 Å². The maximum Gasteiger partial charge on any atom is 0.673 e. The molecule has 0 aliphatic heterocycles. The minimum absolute atomic E-state index is 0.105. The number of non-ortho nitro benzene ring substituents is 1. The monoisotopic (exact) mass is 583 g/mol. The summed E-state index contributed by atoms with van der Waals surface area (Å²) in [6.07, 6.45) is 2.69. The quantitative estimate of drug-likeness (QED) is 0.0671. The number of fused-ring (bicyclic) bond motifs is 1. The molecule has 0 radical (unpaired) electrons. The highest BCUT2D eigenvalue weighted by Gasteiger charge is 2.23. The Morgan fingerprint density at radius 3 is 1.65 bits per heavy atom. The van der Waals surface area contributed by atoms with Gasteiger partial charge in [0.15, 0.2) is 6.54 Å². The minimum atomic E-state index is -6.00. The van der Waals surface area contributed by atoms with Crippen LogP contribution in [0.2, 0.25) is 0 Å². The van der Waals surface area contributed by atoms with E-state index in [1.54, 1.807) is 18.2 Å². The Kier molecular flexibility index (Phi) is 8.66. The zero-order valence-corrected chi connectivity index (χ0v) is 22.8. The average molecular weight is 583 g/mol. The molecule has 6 rings (SSSR count). The molecule has 5 nitrogen and oxygen atoms in total. The zero-order valence-electron chi connectivity index (χ0n) is 22.8. The van der Waals surface area contributed by atoms with Gasteiger partial charge in [0.1, 0.15) is 0 Å². The van der Waals surface area contributed by atoms with E-state index in [0.29, 0.717) is 6.54 Å². The van der Waals surface area contributed by atoms with E-state index in [0.717, 1.165) is 56.5 Å². The predicted octanol–water partition coefficient (Wildman–Crippen LogP) is 8.91. The molecule has 0 atom stereocenters. The number of pyridine rings is 1. The number of nitro groups is 1. The molecule has 0 bridgehead atoms. The van der Waals surface area contributed by atoms with Crippen molar-refractivity contribution in [2.24, 2.45) is 0 Å². The van der Waals surface area contributed by atoms with Crippen LogP contribution in [0, 0.1) is 10.1 Å². The third-order valence-corrected chi connectivity index (χ3v) is 6.98. The van der Waals surface area contributed by atoms with E-state index < -0.39 is 7.25 Å². The van der Waals surface area contributed by atoms with Crippen LogP contribution >= 0.6 is 0 Å². The van der Waals surface area contributed by atoms with Crippen molar-refractivity contribution in [1.82, 2.24) is 4.98 Å². The first kappa shape index (κ1) is 29.3. The van der Waals surface area contributed by atoms with Gasteiger partial charge in [-0.3, -0.25) is 10.1 Å². The van der Waals surface area contributed by atoms with E-state index in [1.165, 1.54) is 0 Å². The fourth-order valence-corrected chi connectivity index (χ4v) is 5.08. The summed E-state index contributed by atoms with van der Waals surface area (Å²) in [5.41, 5.74) is 8.90. The molecule has 0 amide bonds. The standard InChI is InChI=1S/C33H26N3O2.BF4/c37-36(38)29-16-17-31-30(22-29)27(23-34-31)18-19-35-32(25-12-6-2-7-13-25)20-28(24-10-4-1-5-11-24)21-33(35)26-14-8-3-9-15-26;2-1(3,4)5/h1-17,20-23,34H,18-19H2;/q+1;-1. The number of benzene rings is 4. The van der Waals surface area contributed by atoms with Crippen LogP contribution in [0.3, 0.4) is 0 Å². The van der Waals surface area contributed by atoms with E-state index in [2.05, 4.69) is 94.5 Å². The highest BCUT2D eigenvalue weighted by atomic mass is 19.5. The summed E-state index contributed by atoms with van der Waals surface area (Å²) in [7, 11) is -6.00. The summed E-state index contributed by atoms with van der Waals surface area (Å²) >= 11 is 0. The van der Waals surface area contributed by atoms with Crippen molar-refractivity contribution in [2.75, 3.05) is 0 Å². The fourth-order valence-electron chi connectivity index (χ4n) is 5.08. The van der Waals surface area contributed by atoms with Gasteiger partial charge in [-0.1, -0.05) is 66.7 Å². The van der Waals surface area contributed by atoms with Crippen LogP contribution in [0.4, 0.5) is 23.0 Å². The Hall–Kier alpha value is -5.25. The van der Waals surface area contributed by atoms with Crippen molar-refractivity contribution in [3.05, 3.63) is 143 Å². The fraction of sp³-hybridized carbons (Fsp3) is 0.0606. The van der Waals surface area contributed by atoms with Gasteiger partial charge in [0.2, 0.25) is 11.4 Å². The number of aromatic nitrogens is 2. The highest BCUT2D eigenvalue weighted by molar-refractivity contribution is 6.50. The molecular formula is C33H26BF4N3O2. The number of aromatic amines is 1. The molecule has 2 heterocycles. The highest BCUT2D eigenvalue weighted by Crippen LogP contribution is 2.30. The van der Waals surface area contributed by atoms with Crippen molar-refractivity contribution in [2.45, 2.75) is 13.0 Å². The second kappa shape index (κ2) is 12.7. The molecule has 0 spiro atoms. The molecule has 10 heteroatoms. The van der Waals surface area contributed by atoms with Crippen molar-refractivity contribution in [3.63, 3.8) is 0 Å². The molecule has 6 aromatic rings. The molecule has 216 valence electrons. The lowest BCUT2D eigenvalue weighted by atomic mass is 9.98. The number of hydrogen-bond acceptors (Lipinski definition) is 2. The minimum Gasteiger partial charge on any atom is -0.418 e. The Bertz CT molecular complexity index is 1780. The third kappa shape index (κ3) is 7.34. The average Bonchev–Trinajstić information content (AvgIpc) is 3.42. The Labute approximate surface area is 245 Å². The van der Waals surface area contributed by atoms with Gasteiger partial charge in [-0.15, -0.1) is 0 Å². The molecule has 4 aromatic carbocycles. The number of nitrogens with one attached hydrogen (secondary N) is 1. The molecule has 0 saturated heterocycles. The molecule has 0 fully saturated rings. The van der Waals surface area contributed by atoms with Gasteiger partial charge in [-0.25, -0.2) is 0 Å². The van der Waals surface area contributed by atoms with Crippen LogP contribution in [0.15, 0.2) is 128 Å². The third-order valence-electron chi connectivity index (χ3n) is 6.98. The first-order valence-corrected chi connectivity index (χ1v) is 13.5. The van der Waals surface area contributed by atoms with Crippen molar-refractivity contribution in [1.29, 1.82) is 0 Å². The Balaban J connectivity index is 0.000000682. The second-order valence-electron chi connectivity index (χ2n) is 9.81. The molecule has 2 aromatic heterocycles. The number of aryl methyl sites for hydroxylation is 1. The summed E-state index contributed by atoms with van der Waals surface area (Å²) in [5.74, 6) is 0. The van der Waals surface area contributed by atoms with E-state index in [9.17, 15) is 27.4 Å². The van der Waals surface area contributed by atoms with E-state index in [-0.39, 0.29) is 10.6 Å². The molecule has 0 aliphatic carbocycles. The summed E-state index contributed by atoms with van der Waals surface area (Å²) < 4.78 is 41.4. The van der Waals surface area contributed by atoms with Gasteiger partial charge in [-0.05, 0) is 47.0 Å². The maximum absolute atomic E-state index is 11.4. The lowest BCUT2D eigenvalue weighted by Crippen LogP contribution is -2.40. The normalized spacial score (nSPS) is 11.2. The zero-order chi connectivity index (χ0) is 30.4. The Morgan fingerprint density at radius 2 is 1.16 bits per heavy atom. The molecule has 0 saturated carbocycles. The summed E-state index contributed by atoms with van der Waals surface area (Å²) in [4.78, 5) is 14.3. The second-order valence-corrected chi connectivity index (χ2v) is 9.81. The maximum atomic E-state index is 11.4. The number of hydrogen-bond donors (Lipinski definition) is 1. The summed E-state index contributed by atoms with van der Waals surface area (Å²) in [5, 5.41) is 12.3. The van der Waals surface area contributed by atoms with Gasteiger partial charge < -0.3 is 22.2 Å². The molecular weight excluding hydrogens is 557 g/mol. The molecule has 0 aliphatic rings. The predicted molar refractivity (Wildman–Crippen MR) is 162 cm³/mol. The van der Waals surface area contributed by atoms with E-state index in [1.807, 2.05) is 24.4 Å². The van der Waals surface area contributed by atoms with Crippen LogP contribution in [-0.2, 0) is 13.0 Å². The topological polar surface area (TPSA) is 62.8 Å². The summed E-state index contributed by atoms with van der Waals surface area (Å²) in [6.45, 7) is 0.708. The van der Waals surface area contributed by atoms with Crippen LogP contribution in [0.1, 0.15) is 5.56 Å². The van der Waals surface area contributed by atoms with Crippen LogP contribution in [0.25, 0.3) is 44.5 Å². The van der Waals surface area contributed by atoms with Gasteiger partial charge in [-0.2, -0.15) is 4.57 Å². The van der Waals surface area contributed by atoms with Crippen molar-refractivity contribution >= 4 is 23.8 Å². The smallest absolute Gasteiger partial charge is 0.418 e. The van der Waals surface area contributed by atoms with E-state index in [4.69, 9.17) is 0 Å². The number of nitro benzene ring substituents is 1. The number of nitrogens with zero attached hydrogens (tertiary/aromatic N) is 2. The molecule has 43 heavy (non-hydrogen) atoms. The number of H-pyrrole nitrogens is 1. The van der Waals surface area contributed by atoms with Crippen LogP contribution in [-0.4, -0.2) is 17.2 Å². The van der Waals surface area contributed by atoms with Gasteiger partial charge in [0, 0.05) is 58.9 Å².